The van der Waals surface area contributed by atoms with E-state index in [2.05, 4.69) is 38.2 Å². The fourth-order valence-corrected chi connectivity index (χ4v) is 1.39. The third kappa shape index (κ3) is 5.76. The van der Waals surface area contributed by atoms with E-state index in [1.54, 1.807) is 0 Å². The minimum Gasteiger partial charge on any atom is -0.492 e. The van der Waals surface area contributed by atoms with Crippen molar-refractivity contribution >= 4 is 0 Å². The van der Waals surface area contributed by atoms with Gasteiger partial charge in [-0.2, -0.15) is 0 Å². The molecule has 1 N–H and O–H groups in total. The van der Waals surface area contributed by atoms with E-state index in [9.17, 15) is 0 Å². The molecule has 0 aromatic heterocycles. The highest BCUT2D eigenvalue weighted by atomic mass is 16.5. The molecule has 0 atom stereocenters. The topological polar surface area (TPSA) is 21.3 Å². The van der Waals surface area contributed by atoms with Gasteiger partial charge in [0.25, 0.3) is 0 Å². The fraction of sp³-hybridized carbons (Fsp3) is 0.571. The Balaban J connectivity index is 2.05. The first-order valence-corrected chi connectivity index (χ1v) is 6.08. The maximum atomic E-state index is 5.61. The van der Waals surface area contributed by atoms with Crippen molar-refractivity contribution < 1.29 is 4.74 Å². The van der Waals surface area contributed by atoms with Gasteiger partial charge in [-0.25, -0.2) is 0 Å². The summed E-state index contributed by atoms with van der Waals surface area (Å²) in [5.41, 5.74) is 1.27. The van der Waals surface area contributed by atoms with Crippen LogP contribution < -0.4 is 10.1 Å². The molecule has 2 heteroatoms. The van der Waals surface area contributed by atoms with Gasteiger partial charge in [-0.05, 0) is 37.9 Å². The van der Waals surface area contributed by atoms with E-state index in [1.807, 2.05) is 12.1 Å². The highest BCUT2D eigenvalue weighted by molar-refractivity contribution is 5.26. The van der Waals surface area contributed by atoms with Crippen LogP contribution in [-0.4, -0.2) is 19.7 Å². The van der Waals surface area contributed by atoms with Crippen LogP contribution in [0.1, 0.15) is 25.8 Å². The van der Waals surface area contributed by atoms with Crippen molar-refractivity contribution in [1.29, 1.82) is 0 Å². The van der Waals surface area contributed by atoms with E-state index in [0.717, 1.165) is 31.4 Å². The Kier molecular flexibility index (Phi) is 5.94. The maximum Gasteiger partial charge on any atom is 0.119 e. The third-order valence-electron chi connectivity index (χ3n) is 2.47. The zero-order valence-electron chi connectivity index (χ0n) is 10.6. The van der Waals surface area contributed by atoms with Crippen molar-refractivity contribution in [2.45, 2.75) is 27.2 Å². The second-order valence-electron chi connectivity index (χ2n) is 4.59. The molecule has 0 aliphatic carbocycles. The molecule has 0 saturated heterocycles. The smallest absolute Gasteiger partial charge is 0.119 e. The second-order valence-corrected chi connectivity index (χ2v) is 4.59. The van der Waals surface area contributed by atoms with Gasteiger partial charge in [0.15, 0.2) is 0 Å². The van der Waals surface area contributed by atoms with Crippen LogP contribution in [0, 0.1) is 12.8 Å². The minimum atomic E-state index is 0.737. The van der Waals surface area contributed by atoms with Crippen molar-refractivity contribution in [1.82, 2.24) is 5.32 Å². The Morgan fingerprint density at radius 1 is 1.12 bits per heavy atom. The van der Waals surface area contributed by atoms with Gasteiger partial charge in [-0.1, -0.05) is 31.5 Å². The molecule has 0 heterocycles. The Morgan fingerprint density at radius 3 is 2.44 bits per heavy atom. The largest absolute Gasteiger partial charge is 0.492 e. The van der Waals surface area contributed by atoms with Crippen LogP contribution in [0.15, 0.2) is 24.3 Å². The summed E-state index contributed by atoms with van der Waals surface area (Å²) in [5, 5.41) is 3.37. The molecule has 0 spiro atoms. The van der Waals surface area contributed by atoms with Crippen LogP contribution in [0.5, 0.6) is 5.75 Å². The van der Waals surface area contributed by atoms with Crippen LogP contribution in [0.25, 0.3) is 0 Å². The predicted molar refractivity (Wildman–Crippen MR) is 69.0 cm³/mol. The van der Waals surface area contributed by atoms with Gasteiger partial charge < -0.3 is 10.1 Å². The molecule has 0 saturated carbocycles. The average molecular weight is 221 g/mol. The normalized spacial score (nSPS) is 10.8. The second kappa shape index (κ2) is 7.29. The molecule has 2 nitrogen and oxygen atoms in total. The standard InChI is InChI=1S/C14H23NO/c1-12(2)8-9-15-10-11-16-14-6-4-13(3)5-7-14/h4-7,12,15H,8-11H2,1-3H3. The maximum absolute atomic E-state index is 5.61. The number of hydrogen-bond acceptors (Lipinski definition) is 2. The number of rotatable bonds is 7. The van der Waals surface area contributed by atoms with Crippen LogP contribution in [0.3, 0.4) is 0 Å². The molecule has 1 aromatic carbocycles. The SMILES string of the molecule is Cc1ccc(OCCNCCC(C)C)cc1. The lowest BCUT2D eigenvalue weighted by molar-refractivity contribution is 0.312. The molecule has 0 unspecified atom stereocenters. The molecule has 0 aliphatic rings. The first-order chi connectivity index (χ1) is 7.68. The molecular formula is C14H23NO. The summed E-state index contributed by atoms with van der Waals surface area (Å²) in [7, 11) is 0. The lowest BCUT2D eigenvalue weighted by Crippen LogP contribution is -2.22. The summed E-state index contributed by atoms with van der Waals surface area (Å²) in [6.45, 7) is 9.29. The van der Waals surface area contributed by atoms with E-state index in [4.69, 9.17) is 4.74 Å². The van der Waals surface area contributed by atoms with E-state index >= 15 is 0 Å². The van der Waals surface area contributed by atoms with Crippen LogP contribution in [-0.2, 0) is 0 Å². The van der Waals surface area contributed by atoms with Gasteiger partial charge in [-0.15, -0.1) is 0 Å². The Bertz CT molecular complexity index is 279. The van der Waals surface area contributed by atoms with E-state index in [0.29, 0.717) is 0 Å². The highest BCUT2D eigenvalue weighted by Gasteiger charge is 1.94. The first-order valence-electron chi connectivity index (χ1n) is 6.08. The predicted octanol–water partition coefficient (Wildman–Crippen LogP) is 3.01. The molecule has 16 heavy (non-hydrogen) atoms. The summed E-state index contributed by atoms with van der Waals surface area (Å²) in [6.07, 6.45) is 1.23. The lowest BCUT2D eigenvalue weighted by Gasteiger charge is -2.08. The van der Waals surface area contributed by atoms with Gasteiger partial charge in [0.1, 0.15) is 12.4 Å². The summed E-state index contributed by atoms with van der Waals surface area (Å²) >= 11 is 0. The summed E-state index contributed by atoms with van der Waals surface area (Å²) in [4.78, 5) is 0. The van der Waals surface area contributed by atoms with E-state index in [1.165, 1.54) is 12.0 Å². The molecule has 0 aliphatic heterocycles. The lowest BCUT2D eigenvalue weighted by atomic mass is 10.1. The van der Waals surface area contributed by atoms with Crippen LogP contribution >= 0.6 is 0 Å². The number of nitrogens with one attached hydrogen (secondary N) is 1. The van der Waals surface area contributed by atoms with Gasteiger partial charge in [0.2, 0.25) is 0 Å². The molecule has 1 aromatic rings. The van der Waals surface area contributed by atoms with E-state index in [-0.39, 0.29) is 0 Å². The van der Waals surface area contributed by atoms with Crippen molar-refractivity contribution in [3.8, 4) is 5.75 Å². The number of ether oxygens (including phenoxy) is 1. The fourth-order valence-electron chi connectivity index (χ4n) is 1.39. The molecule has 1 rings (SSSR count). The van der Waals surface area contributed by atoms with Gasteiger partial charge in [0, 0.05) is 6.54 Å². The van der Waals surface area contributed by atoms with Crippen molar-refractivity contribution in [3.05, 3.63) is 29.8 Å². The Labute approximate surface area is 99.0 Å². The average Bonchev–Trinajstić information content (AvgIpc) is 2.25. The molecule has 90 valence electrons. The van der Waals surface area contributed by atoms with Gasteiger partial charge in [0.05, 0.1) is 0 Å². The molecule has 0 bridgehead atoms. The molecule has 0 fully saturated rings. The van der Waals surface area contributed by atoms with Crippen LogP contribution in [0.4, 0.5) is 0 Å². The number of benzene rings is 1. The Morgan fingerprint density at radius 2 is 1.81 bits per heavy atom. The molecule has 0 amide bonds. The van der Waals surface area contributed by atoms with Crippen molar-refractivity contribution in [2.75, 3.05) is 19.7 Å². The summed E-state index contributed by atoms with van der Waals surface area (Å²) in [5.74, 6) is 1.72. The zero-order chi connectivity index (χ0) is 11.8. The quantitative estimate of drug-likeness (QED) is 0.715. The van der Waals surface area contributed by atoms with Crippen molar-refractivity contribution in [3.63, 3.8) is 0 Å². The van der Waals surface area contributed by atoms with Gasteiger partial charge >= 0.3 is 0 Å². The van der Waals surface area contributed by atoms with E-state index < -0.39 is 0 Å². The number of hydrogen-bond donors (Lipinski definition) is 1. The van der Waals surface area contributed by atoms with Crippen LogP contribution in [0.2, 0.25) is 0 Å². The first kappa shape index (κ1) is 13.0. The monoisotopic (exact) mass is 221 g/mol. The minimum absolute atomic E-state index is 0.737. The van der Waals surface area contributed by atoms with Gasteiger partial charge in [-0.3, -0.25) is 0 Å². The third-order valence-corrected chi connectivity index (χ3v) is 2.47. The molecular weight excluding hydrogens is 198 g/mol. The number of aryl methyl sites for hydroxylation is 1. The highest BCUT2D eigenvalue weighted by Crippen LogP contribution is 2.10. The summed E-state index contributed by atoms with van der Waals surface area (Å²) < 4.78 is 5.61. The molecule has 0 radical (unpaired) electrons. The Hall–Kier alpha value is -1.02. The summed E-state index contributed by atoms with van der Waals surface area (Å²) in [6, 6.07) is 8.18. The zero-order valence-corrected chi connectivity index (χ0v) is 10.6. The van der Waals surface area contributed by atoms with Crippen molar-refractivity contribution in [2.24, 2.45) is 5.92 Å².